The molecule has 1 amide bonds. The Hall–Kier alpha value is -2.86. The van der Waals surface area contributed by atoms with E-state index >= 15 is 0 Å². The molecule has 2 aromatic rings. The number of alkyl halides is 3. The highest BCUT2D eigenvalue weighted by molar-refractivity contribution is 7.89. The zero-order valence-corrected chi connectivity index (χ0v) is 14.1. The molecule has 146 valence electrons. The van der Waals surface area contributed by atoms with E-state index in [1.165, 1.54) is 18.2 Å². The first-order valence-electron chi connectivity index (χ1n) is 7.10. The van der Waals surface area contributed by atoms with Crippen molar-refractivity contribution in [2.24, 2.45) is 0 Å². The van der Waals surface area contributed by atoms with Crippen molar-refractivity contribution in [3.63, 3.8) is 0 Å². The second-order valence-corrected chi connectivity index (χ2v) is 6.60. The molecule has 0 bridgehead atoms. The van der Waals surface area contributed by atoms with Crippen LogP contribution in [0.4, 0.5) is 17.6 Å². The van der Waals surface area contributed by atoms with Crippen molar-refractivity contribution in [2.75, 3.05) is 6.61 Å². The minimum atomic E-state index is -4.91. The van der Waals surface area contributed by atoms with Crippen molar-refractivity contribution in [1.29, 1.82) is 0 Å². The molecule has 0 aliphatic rings. The van der Waals surface area contributed by atoms with Gasteiger partial charge in [0.05, 0.1) is 4.90 Å². The summed E-state index contributed by atoms with van der Waals surface area (Å²) < 4.78 is 81.7. The standard InChI is InChI=1S/C15H12F4N2O5S/c16-10-2-1-3-12(8-10)25-9-14(22)20-21-27(23,24)13-6-4-11(5-7-13)26-15(17,18)19/h1-8,21H,9H2,(H,20,22). The zero-order valence-electron chi connectivity index (χ0n) is 13.3. The van der Waals surface area contributed by atoms with E-state index in [1.807, 2.05) is 5.43 Å². The fraction of sp³-hybridized carbons (Fsp3) is 0.133. The lowest BCUT2D eigenvalue weighted by molar-refractivity contribution is -0.274. The Morgan fingerprint density at radius 2 is 1.70 bits per heavy atom. The van der Waals surface area contributed by atoms with Crippen LogP contribution in [-0.2, 0) is 14.8 Å². The number of carbonyl (C=O) groups is 1. The van der Waals surface area contributed by atoms with Crippen molar-refractivity contribution in [3.05, 3.63) is 54.3 Å². The van der Waals surface area contributed by atoms with Gasteiger partial charge in [-0.2, -0.15) is 0 Å². The summed E-state index contributed by atoms with van der Waals surface area (Å²) in [6.45, 7) is -0.607. The van der Waals surface area contributed by atoms with Gasteiger partial charge < -0.3 is 9.47 Å². The van der Waals surface area contributed by atoms with Crippen molar-refractivity contribution in [2.45, 2.75) is 11.3 Å². The number of sulfonamides is 1. The van der Waals surface area contributed by atoms with E-state index < -0.39 is 45.4 Å². The maximum atomic E-state index is 13.0. The molecule has 0 aromatic heterocycles. The van der Waals surface area contributed by atoms with Crippen molar-refractivity contribution in [3.8, 4) is 11.5 Å². The highest BCUT2D eigenvalue weighted by Crippen LogP contribution is 2.23. The SMILES string of the molecule is O=C(COc1cccc(F)c1)NNS(=O)(=O)c1ccc(OC(F)(F)F)cc1. The predicted molar refractivity (Wildman–Crippen MR) is 83.5 cm³/mol. The fourth-order valence-electron chi connectivity index (χ4n) is 1.75. The summed E-state index contributed by atoms with van der Waals surface area (Å²) in [6, 6.07) is 8.28. The average molecular weight is 408 g/mol. The van der Waals surface area contributed by atoms with Gasteiger partial charge in [-0.15, -0.1) is 18.0 Å². The molecule has 12 heteroatoms. The maximum Gasteiger partial charge on any atom is 0.573 e. The topological polar surface area (TPSA) is 93.7 Å². The van der Waals surface area contributed by atoms with Crippen LogP contribution in [0.2, 0.25) is 0 Å². The lowest BCUT2D eigenvalue weighted by atomic mass is 10.3. The van der Waals surface area contributed by atoms with Gasteiger partial charge in [0, 0.05) is 6.07 Å². The van der Waals surface area contributed by atoms with Crippen LogP contribution >= 0.6 is 0 Å². The fourth-order valence-corrected chi connectivity index (χ4v) is 2.61. The number of amides is 1. The molecule has 0 aliphatic carbocycles. The molecular formula is C15H12F4N2O5S. The van der Waals surface area contributed by atoms with Gasteiger partial charge >= 0.3 is 6.36 Å². The van der Waals surface area contributed by atoms with Gasteiger partial charge in [0.15, 0.2) is 6.61 Å². The molecule has 7 nitrogen and oxygen atoms in total. The number of rotatable bonds is 7. The minimum absolute atomic E-state index is 0.0632. The molecule has 0 fully saturated rings. The van der Waals surface area contributed by atoms with E-state index in [-0.39, 0.29) is 5.75 Å². The summed E-state index contributed by atoms with van der Waals surface area (Å²) in [5.41, 5.74) is 1.85. The molecule has 0 spiro atoms. The van der Waals surface area contributed by atoms with Crippen LogP contribution in [0.3, 0.4) is 0 Å². The number of benzene rings is 2. The highest BCUT2D eigenvalue weighted by Gasteiger charge is 2.31. The number of hydrazine groups is 1. The number of hydrogen-bond donors (Lipinski definition) is 2. The van der Waals surface area contributed by atoms with E-state index in [2.05, 4.69) is 4.74 Å². The number of carbonyl (C=O) groups excluding carboxylic acids is 1. The van der Waals surface area contributed by atoms with Crippen molar-refractivity contribution >= 4 is 15.9 Å². The Bertz CT molecular complexity index is 901. The second kappa shape index (κ2) is 8.22. The van der Waals surface area contributed by atoms with Crippen LogP contribution in [0.25, 0.3) is 0 Å². The van der Waals surface area contributed by atoms with Gasteiger partial charge in [-0.25, -0.2) is 12.8 Å². The normalized spacial score (nSPS) is 11.7. The Kier molecular flexibility index (Phi) is 6.23. The number of ether oxygens (including phenoxy) is 2. The van der Waals surface area contributed by atoms with Crippen LogP contribution in [0.15, 0.2) is 53.4 Å². The number of nitrogens with one attached hydrogen (secondary N) is 2. The van der Waals surface area contributed by atoms with Crippen molar-refractivity contribution < 1.29 is 40.2 Å². The molecule has 0 atom stereocenters. The molecule has 0 saturated heterocycles. The van der Waals surface area contributed by atoms with E-state index in [9.17, 15) is 30.8 Å². The maximum absolute atomic E-state index is 13.0. The largest absolute Gasteiger partial charge is 0.573 e. The molecule has 0 heterocycles. The smallest absolute Gasteiger partial charge is 0.484 e. The van der Waals surface area contributed by atoms with Crippen LogP contribution in [-0.4, -0.2) is 27.3 Å². The highest BCUT2D eigenvalue weighted by atomic mass is 32.2. The predicted octanol–water partition coefficient (Wildman–Crippen LogP) is 2.11. The van der Waals surface area contributed by atoms with Gasteiger partial charge in [0.2, 0.25) is 0 Å². The summed E-state index contributed by atoms with van der Waals surface area (Å²) in [6.07, 6.45) is -4.91. The second-order valence-electron chi connectivity index (χ2n) is 4.92. The van der Waals surface area contributed by atoms with Crippen LogP contribution in [0.5, 0.6) is 11.5 Å². The van der Waals surface area contributed by atoms with Crippen LogP contribution < -0.4 is 19.7 Å². The molecule has 2 aromatic carbocycles. The quantitative estimate of drug-likeness (QED) is 0.541. The summed E-state index contributed by atoms with van der Waals surface area (Å²) >= 11 is 0. The van der Waals surface area contributed by atoms with Gasteiger partial charge in [-0.1, -0.05) is 6.07 Å². The van der Waals surface area contributed by atoms with Gasteiger partial charge in [0.1, 0.15) is 17.3 Å². The van der Waals surface area contributed by atoms with E-state index in [0.29, 0.717) is 0 Å². The molecule has 0 aliphatic heterocycles. The van der Waals surface area contributed by atoms with Gasteiger partial charge in [-0.05, 0) is 36.4 Å². The Morgan fingerprint density at radius 1 is 1.04 bits per heavy atom. The first-order valence-corrected chi connectivity index (χ1v) is 8.58. The monoisotopic (exact) mass is 408 g/mol. The van der Waals surface area contributed by atoms with E-state index in [0.717, 1.165) is 30.3 Å². The first kappa shape index (κ1) is 20.5. The average Bonchev–Trinajstić information content (AvgIpc) is 2.57. The van der Waals surface area contributed by atoms with Crippen LogP contribution in [0.1, 0.15) is 0 Å². The first-order chi connectivity index (χ1) is 12.5. The van der Waals surface area contributed by atoms with Crippen molar-refractivity contribution in [1.82, 2.24) is 10.3 Å². The third-order valence-electron chi connectivity index (χ3n) is 2.86. The zero-order chi connectivity index (χ0) is 20.1. The van der Waals surface area contributed by atoms with E-state index in [4.69, 9.17) is 4.74 Å². The molecule has 2 rings (SSSR count). The summed E-state index contributed by atoms with van der Waals surface area (Å²) in [5, 5.41) is 0. The van der Waals surface area contributed by atoms with E-state index in [1.54, 1.807) is 4.83 Å². The summed E-state index contributed by atoms with van der Waals surface area (Å²) in [7, 11) is -4.24. The molecule has 0 unspecified atom stereocenters. The van der Waals surface area contributed by atoms with Crippen LogP contribution in [0, 0.1) is 5.82 Å². The summed E-state index contributed by atoms with van der Waals surface area (Å²) in [4.78, 5) is 12.9. The van der Waals surface area contributed by atoms with Gasteiger partial charge in [0.25, 0.3) is 15.9 Å². The lowest BCUT2D eigenvalue weighted by Gasteiger charge is -2.11. The van der Waals surface area contributed by atoms with Gasteiger partial charge in [-0.3, -0.25) is 10.2 Å². The third kappa shape index (κ3) is 6.75. The third-order valence-corrected chi connectivity index (χ3v) is 4.12. The summed E-state index contributed by atoms with van der Waals surface area (Å²) in [5.74, 6) is -2.01. The molecule has 27 heavy (non-hydrogen) atoms. The Morgan fingerprint density at radius 3 is 2.30 bits per heavy atom. The minimum Gasteiger partial charge on any atom is -0.484 e. The Labute approximate surface area is 150 Å². The molecule has 0 saturated carbocycles. The number of halogens is 4. The molecular weight excluding hydrogens is 396 g/mol. The molecule has 0 radical (unpaired) electrons. The Balaban J connectivity index is 1.89. The number of hydrogen-bond acceptors (Lipinski definition) is 5. The lowest BCUT2D eigenvalue weighted by Crippen LogP contribution is -2.43. The molecule has 2 N–H and O–H groups in total.